The van der Waals surface area contributed by atoms with Gasteiger partial charge in [0.15, 0.2) is 0 Å². The Labute approximate surface area is 223 Å². The van der Waals surface area contributed by atoms with E-state index in [0.717, 1.165) is 74.0 Å². The largest absolute Gasteiger partial charge is 0.474 e. The molecule has 5 heterocycles. The minimum absolute atomic E-state index is 0.0987. The summed E-state index contributed by atoms with van der Waals surface area (Å²) in [7, 11) is 4.15. The molecule has 3 aliphatic rings. The molecule has 9 heteroatoms. The lowest BCUT2D eigenvalue weighted by atomic mass is 10.0. The van der Waals surface area contributed by atoms with Crippen molar-refractivity contribution in [2.24, 2.45) is 0 Å². The molecule has 0 saturated carbocycles. The fourth-order valence-electron chi connectivity index (χ4n) is 5.62. The molecular weight excluding hydrogens is 478 g/mol. The lowest BCUT2D eigenvalue weighted by molar-refractivity contribution is 0.0783. The van der Waals surface area contributed by atoms with Gasteiger partial charge in [-0.25, -0.2) is 9.97 Å². The van der Waals surface area contributed by atoms with Crippen LogP contribution in [0.4, 0.5) is 22.9 Å². The van der Waals surface area contributed by atoms with E-state index in [9.17, 15) is 4.79 Å². The van der Waals surface area contributed by atoms with Crippen LogP contribution in [0.3, 0.4) is 0 Å². The fourth-order valence-corrected chi connectivity index (χ4v) is 5.62. The number of carbonyl (C=O) groups is 1. The molecule has 1 saturated heterocycles. The number of ether oxygens (including phenoxy) is 1. The molecule has 0 bridgehead atoms. The van der Waals surface area contributed by atoms with Gasteiger partial charge in [-0.05, 0) is 75.3 Å². The van der Waals surface area contributed by atoms with E-state index in [1.165, 1.54) is 16.7 Å². The van der Waals surface area contributed by atoms with Crippen molar-refractivity contribution in [2.45, 2.75) is 32.4 Å². The van der Waals surface area contributed by atoms with Crippen LogP contribution in [0.25, 0.3) is 0 Å². The Morgan fingerprint density at radius 2 is 1.97 bits per heavy atom. The number of amides is 1. The van der Waals surface area contributed by atoms with Gasteiger partial charge in [0.1, 0.15) is 18.1 Å². The van der Waals surface area contributed by atoms with Crippen molar-refractivity contribution < 1.29 is 9.53 Å². The second-order valence-electron chi connectivity index (χ2n) is 10.6. The summed E-state index contributed by atoms with van der Waals surface area (Å²) in [5.41, 5.74) is 7.47. The van der Waals surface area contributed by atoms with Crippen molar-refractivity contribution in [3.05, 3.63) is 65.0 Å². The zero-order valence-corrected chi connectivity index (χ0v) is 22.3. The van der Waals surface area contributed by atoms with Crippen LogP contribution >= 0.6 is 0 Å². The van der Waals surface area contributed by atoms with E-state index >= 15 is 0 Å². The third-order valence-corrected chi connectivity index (χ3v) is 7.94. The summed E-state index contributed by atoms with van der Waals surface area (Å²) in [6.07, 6.45) is 5.87. The number of likely N-dealkylation sites (tertiary alicyclic amines) is 1. The zero-order chi connectivity index (χ0) is 26.2. The molecule has 0 spiro atoms. The van der Waals surface area contributed by atoms with Crippen molar-refractivity contribution in [1.82, 2.24) is 19.8 Å². The van der Waals surface area contributed by atoms with Gasteiger partial charge in [-0.1, -0.05) is 0 Å². The molecule has 3 aromatic rings. The molecule has 1 amide bonds. The zero-order valence-electron chi connectivity index (χ0n) is 22.3. The van der Waals surface area contributed by atoms with Crippen molar-refractivity contribution in [2.75, 3.05) is 62.4 Å². The summed E-state index contributed by atoms with van der Waals surface area (Å²) in [6.45, 7) is 6.89. The third-order valence-electron chi connectivity index (χ3n) is 7.94. The summed E-state index contributed by atoms with van der Waals surface area (Å²) in [4.78, 5) is 28.7. The van der Waals surface area contributed by atoms with E-state index < -0.39 is 0 Å². The maximum Gasteiger partial charge on any atom is 0.253 e. The van der Waals surface area contributed by atoms with Gasteiger partial charge in [-0.15, -0.1) is 0 Å². The number of pyridine rings is 2. The van der Waals surface area contributed by atoms with Gasteiger partial charge in [0, 0.05) is 61.8 Å². The number of nitrogens with one attached hydrogen (secondary N) is 2. The molecule has 1 fully saturated rings. The first-order valence-electron chi connectivity index (χ1n) is 13.4. The maximum absolute atomic E-state index is 13.0. The van der Waals surface area contributed by atoms with Gasteiger partial charge in [0.2, 0.25) is 5.88 Å². The highest BCUT2D eigenvalue weighted by molar-refractivity contribution is 5.94. The predicted molar refractivity (Wildman–Crippen MR) is 150 cm³/mol. The summed E-state index contributed by atoms with van der Waals surface area (Å²) >= 11 is 0. The molecular formula is C29H35N7O2. The molecule has 0 unspecified atom stereocenters. The van der Waals surface area contributed by atoms with Gasteiger partial charge in [0.25, 0.3) is 5.91 Å². The summed E-state index contributed by atoms with van der Waals surface area (Å²) < 4.78 is 5.70. The van der Waals surface area contributed by atoms with Crippen molar-refractivity contribution in [1.29, 1.82) is 0 Å². The highest BCUT2D eigenvalue weighted by Crippen LogP contribution is 2.36. The number of likely N-dealkylation sites (N-methyl/N-ethyl adjacent to an activating group) is 1. The number of anilines is 4. The van der Waals surface area contributed by atoms with Gasteiger partial charge >= 0.3 is 0 Å². The van der Waals surface area contributed by atoms with Crippen LogP contribution in [-0.2, 0) is 13.0 Å². The number of hydrogen-bond acceptors (Lipinski definition) is 8. The van der Waals surface area contributed by atoms with E-state index in [2.05, 4.69) is 57.5 Å². The number of carbonyl (C=O) groups excluding carboxylic acids is 1. The monoisotopic (exact) mass is 513 g/mol. The normalized spacial score (nSPS) is 18.5. The number of rotatable bonds is 5. The van der Waals surface area contributed by atoms with E-state index in [1.807, 2.05) is 41.6 Å². The van der Waals surface area contributed by atoms with Crippen LogP contribution in [-0.4, -0.2) is 78.6 Å². The average molecular weight is 514 g/mol. The number of nitrogens with zero attached hydrogens (tertiary/aromatic N) is 5. The van der Waals surface area contributed by atoms with E-state index in [0.29, 0.717) is 18.5 Å². The molecule has 1 aromatic carbocycles. The second kappa shape index (κ2) is 10.1. The Morgan fingerprint density at radius 1 is 1.13 bits per heavy atom. The number of aromatic nitrogens is 2. The van der Waals surface area contributed by atoms with E-state index in [4.69, 9.17) is 4.74 Å². The highest BCUT2D eigenvalue weighted by Gasteiger charge is 2.28. The Hall–Kier alpha value is -3.85. The first kappa shape index (κ1) is 24.5. The van der Waals surface area contributed by atoms with Crippen molar-refractivity contribution in [3.8, 4) is 5.88 Å². The minimum Gasteiger partial charge on any atom is -0.474 e. The van der Waals surface area contributed by atoms with Crippen LogP contribution in [0.5, 0.6) is 5.88 Å². The first-order valence-corrected chi connectivity index (χ1v) is 13.4. The quantitative estimate of drug-likeness (QED) is 0.535. The van der Waals surface area contributed by atoms with Gasteiger partial charge in [-0.2, -0.15) is 0 Å². The maximum atomic E-state index is 13.0. The molecule has 1 atom stereocenters. The summed E-state index contributed by atoms with van der Waals surface area (Å²) in [5, 5.41) is 6.86. The van der Waals surface area contributed by atoms with Crippen LogP contribution in [0.1, 0.15) is 33.5 Å². The minimum atomic E-state index is 0.0987. The van der Waals surface area contributed by atoms with Crippen LogP contribution in [0.15, 0.2) is 42.7 Å². The number of hydrogen-bond donors (Lipinski definition) is 2. The summed E-state index contributed by atoms with van der Waals surface area (Å²) in [6, 6.07) is 10.3. The standard InChI is InChI=1S/C29H35N7O2/c1-19-25(16-32-28-27(19)30-10-13-38-28)35-11-8-21-15-31-26(14-22(21)17-35)33-23-6-4-20(5-7-23)29(37)36-12-9-24(18-36)34(2)3/h4-7,14-16,24,30H,8-13,17-18H2,1-3H3,(H,31,33)/t24-/m1/s1. The smallest absolute Gasteiger partial charge is 0.253 e. The average Bonchev–Trinajstić information content (AvgIpc) is 3.44. The first-order chi connectivity index (χ1) is 18.5. The molecule has 6 rings (SSSR count). The van der Waals surface area contributed by atoms with Crippen LogP contribution in [0.2, 0.25) is 0 Å². The number of fused-ring (bicyclic) bond motifs is 2. The van der Waals surface area contributed by atoms with Crippen molar-refractivity contribution >= 4 is 28.8 Å². The predicted octanol–water partition coefficient (Wildman–Crippen LogP) is 3.67. The third kappa shape index (κ3) is 4.74. The van der Waals surface area contributed by atoms with Crippen LogP contribution < -0.4 is 20.3 Å². The lowest BCUT2D eigenvalue weighted by Gasteiger charge is -2.33. The van der Waals surface area contributed by atoms with Gasteiger partial charge in [-0.3, -0.25) is 4.79 Å². The Balaban J connectivity index is 1.13. The fraction of sp³-hybridized carbons (Fsp3) is 0.414. The number of benzene rings is 1. The molecule has 2 N–H and O–H groups in total. The highest BCUT2D eigenvalue weighted by atomic mass is 16.5. The molecule has 198 valence electrons. The van der Waals surface area contributed by atoms with E-state index in [1.54, 1.807) is 0 Å². The molecule has 0 radical (unpaired) electrons. The summed E-state index contributed by atoms with van der Waals surface area (Å²) in [5.74, 6) is 1.59. The Bertz CT molecular complexity index is 1340. The molecule has 2 aromatic heterocycles. The lowest BCUT2D eigenvalue weighted by Crippen LogP contribution is -2.34. The Kier molecular flexibility index (Phi) is 6.53. The molecule has 9 nitrogen and oxygen atoms in total. The molecule has 38 heavy (non-hydrogen) atoms. The van der Waals surface area contributed by atoms with Gasteiger partial charge < -0.3 is 30.1 Å². The van der Waals surface area contributed by atoms with Crippen LogP contribution in [0, 0.1) is 6.92 Å². The molecule has 0 aliphatic carbocycles. The topological polar surface area (TPSA) is 85.9 Å². The van der Waals surface area contributed by atoms with E-state index in [-0.39, 0.29) is 5.91 Å². The van der Waals surface area contributed by atoms with Gasteiger partial charge in [0.05, 0.1) is 11.9 Å². The second-order valence-corrected chi connectivity index (χ2v) is 10.6. The Morgan fingerprint density at radius 3 is 2.76 bits per heavy atom. The molecule has 3 aliphatic heterocycles. The SMILES string of the molecule is Cc1c(N2CCc3cnc(Nc4ccc(C(=O)N5CC[C@@H](N(C)C)C5)cc4)cc3C2)cnc2c1NCCO2. The van der Waals surface area contributed by atoms with Crippen molar-refractivity contribution in [3.63, 3.8) is 0 Å².